The van der Waals surface area contributed by atoms with Gasteiger partial charge in [-0.15, -0.1) is 0 Å². The van der Waals surface area contributed by atoms with Gasteiger partial charge in [-0.2, -0.15) is 5.26 Å². The van der Waals surface area contributed by atoms with Crippen LogP contribution in [0.3, 0.4) is 0 Å². The van der Waals surface area contributed by atoms with Crippen molar-refractivity contribution in [1.82, 2.24) is 0 Å². The van der Waals surface area contributed by atoms with E-state index < -0.39 is 23.7 Å². The van der Waals surface area contributed by atoms with Gasteiger partial charge in [0.2, 0.25) is 5.88 Å². The van der Waals surface area contributed by atoms with E-state index in [1.54, 1.807) is 24.3 Å². The molecule has 1 aliphatic rings. The lowest BCUT2D eigenvalue weighted by Crippen LogP contribution is -2.29. The molecule has 164 valence electrons. The maximum Gasteiger partial charge on any atom is 0.342 e. The summed E-state index contributed by atoms with van der Waals surface area (Å²) >= 11 is 6.15. The highest BCUT2D eigenvalue weighted by Crippen LogP contribution is 2.34. The number of anilines is 2. The number of amides is 3. The molecule has 1 aliphatic heterocycles. The summed E-state index contributed by atoms with van der Waals surface area (Å²) in [6.45, 7) is 1.45. The number of hydrogen-bond acceptors (Lipinski definition) is 7. The minimum Gasteiger partial charge on any atom is -0.465 e. The molecule has 3 aromatic rings. The molecule has 0 radical (unpaired) electrons. The number of nitrogens with one attached hydrogen (secondary N) is 1. The van der Waals surface area contributed by atoms with Crippen molar-refractivity contribution >= 4 is 46.9 Å². The Morgan fingerprint density at radius 2 is 1.82 bits per heavy atom. The third kappa shape index (κ3) is 3.52. The minimum atomic E-state index is -0.783. The number of fused-ring (bicyclic) bond motifs is 1. The van der Waals surface area contributed by atoms with Crippen molar-refractivity contribution in [2.45, 2.75) is 6.92 Å². The van der Waals surface area contributed by atoms with Gasteiger partial charge < -0.3 is 9.15 Å². The van der Waals surface area contributed by atoms with E-state index in [4.69, 9.17) is 16.0 Å². The fourth-order valence-corrected chi connectivity index (χ4v) is 3.72. The van der Waals surface area contributed by atoms with Crippen molar-refractivity contribution in [3.63, 3.8) is 0 Å². The van der Waals surface area contributed by atoms with Crippen molar-refractivity contribution in [2.24, 2.45) is 0 Å². The van der Waals surface area contributed by atoms with E-state index in [2.05, 4.69) is 10.1 Å². The Balaban J connectivity index is 1.66. The maximum atomic E-state index is 13.0. The summed E-state index contributed by atoms with van der Waals surface area (Å²) in [6, 6.07) is 12.2. The standard InChI is InChI=1S/C23H14ClN3O6/c1-11-18(23(31)32-2)15(10-25)20(33-11)26-19(28)12-7-8-13-14(9-12)22(30)27(21(13)29)17-6-4-3-5-16(17)24/h3-9H,1-2H3,(H,26,28). The second-order valence-electron chi connectivity index (χ2n) is 6.95. The average molecular weight is 464 g/mol. The van der Waals surface area contributed by atoms with Crippen LogP contribution in [-0.4, -0.2) is 30.8 Å². The Kier molecular flexibility index (Phi) is 5.45. The molecule has 4 rings (SSSR count). The quantitative estimate of drug-likeness (QED) is 0.458. The monoisotopic (exact) mass is 463 g/mol. The van der Waals surface area contributed by atoms with Crippen LogP contribution in [0.25, 0.3) is 0 Å². The highest BCUT2D eigenvalue weighted by atomic mass is 35.5. The van der Waals surface area contributed by atoms with Crippen LogP contribution in [0.15, 0.2) is 46.9 Å². The number of imide groups is 1. The van der Waals surface area contributed by atoms with Crippen LogP contribution in [0.1, 0.15) is 52.8 Å². The van der Waals surface area contributed by atoms with Crippen LogP contribution in [0.5, 0.6) is 0 Å². The zero-order valence-corrected chi connectivity index (χ0v) is 18.0. The van der Waals surface area contributed by atoms with Crippen molar-refractivity contribution < 1.29 is 28.3 Å². The van der Waals surface area contributed by atoms with Gasteiger partial charge in [0.05, 0.1) is 28.9 Å². The van der Waals surface area contributed by atoms with Crippen LogP contribution in [0.4, 0.5) is 11.6 Å². The van der Waals surface area contributed by atoms with Crippen LogP contribution in [-0.2, 0) is 4.74 Å². The Bertz CT molecular complexity index is 1400. The number of nitriles is 1. The number of methoxy groups -OCH3 is 1. The maximum absolute atomic E-state index is 13.0. The largest absolute Gasteiger partial charge is 0.465 e. The molecule has 9 nitrogen and oxygen atoms in total. The molecule has 10 heteroatoms. The summed E-state index contributed by atoms with van der Waals surface area (Å²) in [5.41, 5.74) is 0.130. The summed E-state index contributed by atoms with van der Waals surface area (Å²) in [7, 11) is 1.16. The highest BCUT2D eigenvalue weighted by Gasteiger charge is 2.38. The molecular formula is C23H14ClN3O6. The Morgan fingerprint density at radius 3 is 2.48 bits per heavy atom. The van der Waals surface area contributed by atoms with Gasteiger partial charge in [0.1, 0.15) is 23.0 Å². The van der Waals surface area contributed by atoms with Crippen LogP contribution in [0, 0.1) is 18.3 Å². The van der Waals surface area contributed by atoms with Crippen molar-refractivity contribution in [3.05, 3.63) is 81.1 Å². The molecular weight excluding hydrogens is 450 g/mol. The summed E-state index contributed by atoms with van der Waals surface area (Å²) in [5.74, 6) is -2.83. The van der Waals surface area contributed by atoms with Crippen LogP contribution < -0.4 is 10.2 Å². The normalized spacial score (nSPS) is 12.4. The highest BCUT2D eigenvalue weighted by molar-refractivity contribution is 6.40. The molecule has 1 N–H and O–H groups in total. The van der Waals surface area contributed by atoms with E-state index in [1.807, 2.05) is 6.07 Å². The number of furan rings is 1. The van der Waals surface area contributed by atoms with Gasteiger partial charge >= 0.3 is 5.97 Å². The zero-order valence-electron chi connectivity index (χ0n) is 17.3. The molecule has 0 spiro atoms. The van der Waals surface area contributed by atoms with Crippen molar-refractivity contribution in [2.75, 3.05) is 17.3 Å². The summed E-state index contributed by atoms with van der Waals surface area (Å²) in [6.07, 6.45) is 0. The first-order chi connectivity index (χ1) is 15.8. The molecule has 2 heterocycles. The number of para-hydroxylation sites is 1. The molecule has 0 unspecified atom stereocenters. The third-order valence-corrected chi connectivity index (χ3v) is 5.37. The van der Waals surface area contributed by atoms with Gasteiger partial charge in [-0.3, -0.25) is 19.7 Å². The van der Waals surface area contributed by atoms with Gasteiger partial charge in [-0.05, 0) is 37.3 Å². The molecule has 0 saturated carbocycles. The van der Waals surface area contributed by atoms with E-state index in [-0.39, 0.29) is 50.2 Å². The predicted molar refractivity (Wildman–Crippen MR) is 116 cm³/mol. The van der Waals surface area contributed by atoms with Crippen molar-refractivity contribution in [1.29, 1.82) is 5.26 Å². The topological polar surface area (TPSA) is 130 Å². The lowest BCUT2D eigenvalue weighted by atomic mass is 10.1. The van der Waals surface area contributed by atoms with E-state index in [1.165, 1.54) is 25.1 Å². The number of esters is 1. The smallest absolute Gasteiger partial charge is 0.342 e. The molecule has 0 aliphatic carbocycles. The first-order valence-electron chi connectivity index (χ1n) is 9.49. The van der Waals surface area contributed by atoms with Gasteiger partial charge in [0, 0.05) is 5.56 Å². The zero-order chi connectivity index (χ0) is 23.9. The first kappa shape index (κ1) is 21.8. The number of ether oxygens (including phenoxy) is 1. The van der Waals surface area contributed by atoms with Gasteiger partial charge in [0.25, 0.3) is 17.7 Å². The van der Waals surface area contributed by atoms with Crippen molar-refractivity contribution in [3.8, 4) is 6.07 Å². The molecule has 33 heavy (non-hydrogen) atoms. The number of carbonyl (C=O) groups excluding carboxylic acids is 4. The van der Waals surface area contributed by atoms with Gasteiger partial charge in [-0.1, -0.05) is 23.7 Å². The van der Waals surface area contributed by atoms with Gasteiger partial charge in [-0.25, -0.2) is 9.69 Å². The third-order valence-electron chi connectivity index (χ3n) is 5.05. The first-order valence-corrected chi connectivity index (χ1v) is 9.86. The SMILES string of the molecule is COC(=O)c1c(C)oc(NC(=O)c2ccc3c(c2)C(=O)N(c2ccccc2Cl)C3=O)c1C#N. The Morgan fingerprint density at radius 1 is 1.12 bits per heavy atom. The molecule has 0 bridgehead atoms. The Hall–Kier alpha value is -4.42. The number of halogens is 1. The number of hydrogen-bond donors (Lipinski definition) is 1. The second-order valence-corrected chi connectivity index (χ2v) is 7.36. The lowest BCUT2D eigenvalue weighted by molar-refractivity contribution is 0.0598. The summed E-state index contributed by atoms with van der Waals surface area (Å²) in [4.78, 5) is 51.4. The molecule has 1 aromatic heterocycles. The van der Waals surface area contributed by atoms with Gasteiger partial charge in [0.15, 0.2) is 0 Å². The number of nitrogens with zero attached hydrogens (tertiary/aromatic N) is 2. The fourth-order valence-electron chi connectivity index (χ4n) is 3.50. The van der Waals surface area contributed by atoms with E-state index in [0.29, 0.717) is 0 Å². The van der Waals surface area contributed by atoms with Crippen LogP contribution >= 0.6 is 11.6 Å². The average Bonchev–Trinajstić information content (AvgIpc) is 3.25. The molecule has 3 amide bonds. The number of carbonyl (C=O) groups is 4. The minimum absolute atomic E-state index is 0.0268. The number of benzene rings is 2. The molecule has 0 atom stereocenters. The second kappa shape index (κ2) is 8.26. The molecule has 0 saturated heterocycles. The van der Waals surface area contributed by atoms with E-state index >= 15 is 0 Å². The van der Waals surface area contributed by atoms with E-state index in [0.717, 1.165) is 12.0 Å². The molecule has 2 aromatic carbocycles. The number of aryl methyl sites for hydroxylation is 1. The fraction of sp³-hybridized carbons (Fsp3) is 0.0870. The van der Waals surface area contributed by atoms with E-state index in [9.17, 15) is 24.4 Å². The molecule has 0 fully saturated rings. The summed E-state index contributed by atoms with van der Waals surface area (Å²) in [5, 5.41) is 12.1. The van der Waals surface area contributed by atoms with Crippen LogP contribution in [0.2, 0.25) is 5.02 Å². The Labute approximate surface area is 192 Å². The number of rotatable bonds is 4. The lowest BCUT2D eigenvalue weighted by Gasteiger charge is -2.15. The summed E-state index contributed by atoms with van der Waals surface area (Å²) < 4.78 is 10.0. The predicted octanol–water partition coefficient (Wildman–Crippen LogP) is 3.95.